The summed E-state index contributed by atoms with van der Waals surface area (Å²) in [6.45, 7) is 0.557. The lowest BCUT2D eigenvalue weighted by molar-refractivity contribution is 0.788. The summed E-state index contributed by atoms with van der Waals surface area (Å²) in [5.41, 5.74) is 8.14. The molecule has 0 bridgehead atoms. The molecular formula is C14H14BrIN2. The highest BCUT2D eigenvalue weighted by atomic mass is 127. The number of hydrogen-bond acceptors (Lipinski definition) is 2. The highest BCUT2D eigenvalue weighted by molar-refractivity contribution is 14.1. The van der Waals surface area contributed by atoms with E-state index in [2.05, 4.69) is 68.1 Å². The number of rotatable bonds is 4. The third kappa shape index (κ3) is 3.46. The Bertz CT molecular complexity index is 531. The van der Waals surface area contributed by atoms with E-state index in [1.54, 1.807) is 0 Å². The van der Waals surface area contributed by atoms with Crippen LogP contribution in [0.4, 0.5) is 5.69 Å². The van der Waals surface area contributed by atoms with Gasteiger partial charge in [0.1, 0.15) is 0 Å². The quantitative estimate of drug-likeness (QED) is 0.734. The fourth-order valence-corrected chi connectivity index (χ4v) is 2.73. The van der Waals surface area contributed by atoms with E-state index < -0.39 is 0 Å². The molecule has 1 atom stereocenters. The molecule has 0 aromatic heterocycles. The Morgan fingerprint density at radius 3 is 2.61 bits per heavy atom. The Hall–Kier alpha value is -0.590. The van der Waals surface area contributed by atoms with Crippen molar-refractivity contribution in [1.82, 2.24) is 0 Å². The summed E-state index contributed by atoms with van der Waals surface area (Å²) in [5.74, 6) is 0. The molecule has 0 radical (unpaired) electrons. The molecule has 0 aliphatic heterocycles. The molecule has 2 rings (SSSR count). The molecule has 0 spiro atoms. The fraction of sp³-hybridized carbons (Fsp3) is 0.143. The first-order valence-electron chi connectivity index (χ1n) is 5.67. The summed E-state index contributed by atoms with van der Waals surface area (Å²) in [7, 11) is 0. The third-order valence-electron chi connectivity index (χ3n) is 2.69. The summed E-state index contributed by atoms with van der Waals surface area (Å²) in [6, 6.07) is 16.6. The molecule has 0 aliphatic rings. The van der Waals surface area contributed by atoms with E-state index in [1.165, 1.54) is 9.13 Å². The van der Waals surface area contributed by atoms with Gasteiger partial charge in [0.05, 0.1) is 6.04 Å². The van der Waals surface area contributed by atoms with E-state index in [0.717, 1.165) is 10.2 Å². The van der Waals surface area contributed by atoms with Gasteiger partial charge >= 0.3 is 0 Å². The largest absolute Gasteiger partial charge is 0.376 e. The van der Waals surface area contributed by atoms with Crippen LogP contribution in [0.25, 0.3) is 0 Å². The second-order valence-corrected chi connectivity index (χ2v) is 6.07. The van der Waals surface area contributed by atoms with Crippen molar-refractivity contribution in [3.05, 3.63) is 62.1 Å². The third-order valence-corrected chi connectivity index (χ3v) is 4.05. The van der Waals surface area contributed by atoms with Gasteiger partial charge in [-0.05, 0) is 68.3 Å². The number of hydrogen-bond donors (Lipinski definition) is 2. The molecule has 2 nitrogen and oxygen atoms in total. The molecule has 2 aromatic carbocycles. The molecule has 1 unspecified atom stereocenters. The number of anilines is 1. The molecule has 4 heteroatoms. The van der Waals surface area contributed by atoms with Crippen LogP contribution >= 0.6 is 38.5 Å². The fourth-order valence-electron chi connectivity index (χ4n) is 1.77. The maximum Gasteiger partial charge on any atom is 0.0636 e. The molecule has 94 valence electrons. The Kier molecular flexibility index (Phi) is 5.03. The van der Waals surface area contributed by atoms with Crippen LogP contribution in [0, 0.1) is 3.57 Å². The number of para-hydroxylation sites is 1. The average Bonchev–Trinajstić information content (AvgIpc) is 2.38. The zero-order valence-electron chi connectivity index (χ0n) is 9.74. The second-order valence-electron chi connectivity index (χ2n) is 3.97. The molecular weight excluding hydrogens is 403 g/mol. The molecule has 0 saturated heterocycles. The monoisotopic (exact) mass is 416 g/mol. The van der Waals surface area contributed by atoms with E-state index in [0.29, 0.717) is 6.54 Å². The SMILES string of the molecule is NCC(Nc1ccccc1Br)c1cccc(I)c1. The van der Waals surface area contributed by atoms with Crippen molar-refractivity contribution in [2.24, 2.45) is 5.73 Å². The van der Waals surface area contributed by atoms with Crippen LogP contribution in [0.1, 0.15) is 11.6 Å². The van der Waals surface area contributed by atoms with Crippen molar-refractivity contribution < 1.29 is 0 Å². The van der Waals surface area contributed by atoms with Crippen molar-refractivity contribution in [2.75, 3.05) is 11.9 Å². The standard InChI is InChI=1S/C14H14BrIN2/c15-12-6-1-2-7-13(12)18-14(9-17)10-4-3-5-11(16)8-10/h1-8,14,18H,9,17H2. The molecule has 3 N–H and O–H groups in total. The number of halogens is 2. The van der Waals surface area contributed by atoms with Gasteiger partial charge in [-0.1, -0.05) is 24.3 Å². The number of nitrogens with two attached hydrogens (primary N) is 1. The lowest BCUT2D eigenvalue weighted by atomic mass is 10.1. The van der Waals surface area contributed by atoms with Gasteiger partial charge in [0.2, 0.25) is 0 Å². The van der Waals surface area contributed by atoms with Crippen molar-refractivity contribution in [3.63, 3.8) is 0 Å². The van der Waals surface area contributed by atoms with Crippen LogP contribution in [0.3, 0.4) is 0 Å². The van der Waals surface area contributed by atoms with E-state index >= 15 is 0 Å². The average molecular weight is 417 g/mol. The molecule has 0 saturated carbocycles. The van der Waals surface area contributed by atoms with Crippen LogP contribution in [0.5, 0.6) is 0 Å². The maximum absolute atomic E-state index is 5.87. The molecule has 2 aromatic rings. The van der Waals surface area contributed by atoms with E-state index in [9.17, 15) is 0 Å². The Morgan fingerprint density at radius 2 is 1.94 bits per heavy atom. The minimum Gasteiger partial charge on any atom is -0.376 e. The van der Waals surface area contributed by atoms with Crippen molar-refractivity contribution in [1.29, 1.82) is 0 Å². The van der Waals surface area contributed by atoms with E-state index in [-0.39, 0.29) is 6.04 Å². The highest BCUT2D eigenvalue weighted by Gasteiger charge is 2.10. The summed E-state index contributed by atoms with van der Waals surface area (Å²) < 4.78 is 2.27. The van der Waals surface area contributed by atoms with Crippen LogP contribution in [-0.2, 0) is 0 Å². The normalized spacial score (nSPS) is 12.2. The summed E-state index contributed by atoms with van der Waals surface area (Å²) >= 11 is 5.85. The molecule has 0 aliphatic carbocycles. The zero-order chi connectivity index (χ0) is 13.0. The number of nitrogens with one attached hydrogen (secondary N) is 1. The lowest BCUT2D eigenvalue weighted by Crippen LogP contribution is -2.20. The highest BCUT2D eigenvalue weighted by Crippen LogP contribution is 2.26. The van der Waals surface area contributed by atoms with Gasteiger partial charge in [-0.3, -0.25) is 0 Å². The van der Waals surface area contributed by atoms with Crippen LogP contribution in [-0.4, -0.2) is 6.54 Å². The Labute approximate surface area is 129 Å². The van der Waals surface area contributed by atoms with Gasteiger partial charge in [0.15, 0.2) is 0 Å². The Balaban J connectivity index is 2.23. The topological polar surface area (TPSA) is 38.0 Å². The zero-order valence-corrected chi connectivity index (χ0v) is 13.5. The van der Waals surface area contributed by atoms with E-state index in [4.69, 9.17) is 5.73 Å². The van der Waals surface area contributed by atoms with Gasteiger partial charge in [-0.15, -0.1) is 0 Å². The first kappa shape index (κ1) is 13.8. The van der Waals surface area contributed by atoms with Crippen LogP contribution in [0.2, 0.25) is 0 Å². The molecule has 0 fully saturated rings. The minimum atomic E-state index is 0.124. The minimum absolute atomic E-state index is 0.124. The summed E-state index contributed by atoms with van der Waals surface area (Å²) in [6.07, 6.45) is 0. The maximum atomic E-state index is 5.87. The van der Waals surface area contributed by atoms with E-state index in [1.807, 2.05) is 24.3 Å². The van der Waals surface area contributed by atoms with Gasteiger partial charge in [-0.2, -0.15) is 0 Å². The van der Waals surface area contributed by atoms with Crippen molar-refractivity contribution in [2.45, 2.75) is 6.04 Å². The van der Waals surface area contributed by atoms with Crippen LogP contribution in [0.15, 0.2) is 53.0 Å². The van der Waals surface area contributed by atoms with Crippen LogP contribution < -0.4 is 11.1 Å². The predicted molar refractivity (Wildman–Crippen MR) is 88.7 cm³/mol. The van der Waals surface area contributed by atoms with Gasteiger partial charge in [0, 0.05) is 20.3 Å². The second kappa shape index (κ2) is 6.54. The van der Waals surface area contributed by atoms with Crippen molar-refractivity contribution in [3.8, 4) is 0 Å². The lowest BCUT2D eigenvalue weighted by Gasteiger charge is -2.19. The molecule has 18 heavy (non-hydrogen) atoms. The van der Waals surface area contributed by atoms with Gasteiger partial charge in [0.25, 0.3) is 0 Å². The predicted octanol–water partition coefficient (Wildman–Crippen LogP) is 4.17. The molecule has 0 amide bonds. The summed E-state index contributed by atoms with van der Waals surface area (Å²) in [5, 5.41) is 3.47. The smallest absolute Gasteiger partial charge is 0.0636 e. The summed E-state index contributed by atoms with van der Waals surface area (Å²) in [4.78, 5) is 0. The van der Waals surface area contributed by atoms with Gasteiger partial charge in [-0.25, -0.2) is 0 Å². The Morgan fingerprint density at radius 1 is 1.17 bits per heavy atom. The first-order valence-corrected chi connectivity index (χ1v) is 7.54. The number of benzene rings is 2. The van der Waals surface area contributed by atoms with Crippen molar-refractivity contribution >= 4 is 44.2 Å². The first-order chi connectivity index (χ1) is 8.70. The molecule has 0 heterocycles. The van der Waals surface area contributed by atoms with Gasteiger partial charge < -0.3 is 11.1 Å².